The van der Waals surface area contributed by atoms with Crippen molar-refractivity contribution in [3.05, 3.63) is 131 Å². The largest absolute Gasteiger partial charge is 0.489 e. The molecule has 4 aromatic rings. The van der Waals surface area contributed by atoms with Gasteiger partial charge >= 0.3 is 0 Å². The molecule has 4 aromatic carbocycles. The number of aliphatic hydroxyl groups excluding tert-OH is 1. The minimum atomic E-state index is -0.559. The van der Waals surface area contributed by atoms with Crippen molar-refractivity contribution in [1.82, 2.24) is 5.32 Å². The van der Waals surface area contributed by atoms with E-state index < -0.39 is 6.10 Å². The molecule has 186 valence electrons. The third kappa shape index (κ3) is 8.26. The fraction of sp³-hybridized carbons (Fsp3) is 0.250. The van der Waals surface area contributed by atoms with Crippen LogP contribution in [0.1, 0.15) is 41.7 Å². The van der Waals surface area contributed by atoms with Crippen LogP contribution in [0.3, 0.4) is 0 Å². The van der Waals surface area contributed by atoms with Gasteiger partial charge in [-0.3, -0.25) is 0 Å². The lowest BCUT2D eigenvalue weighted by Crippen LogP contribution is -2.30. The number of ether oxygens (including phenoxy) is 2. The van der Waals surface area contributed by atoms with E-state index in [2.05, 4.69) is 36.5 Å². The topological polar surface area (TPSA) is 50.7 Å². The summed E-state index contributed by atoms with van der Waals surface area (Å²) in [5.74, 6) is 1.68. The van der Waals surface area contributed by atoms with Crippen molar-refractivity contribution in [1.29, 1.82) is 0 Å². The summed E-state index contributed by atoms with van der Waals surface area (Å²) < 4.78 is 11.7. The molecule has 0 bridgehead atoms. The van der Waals surface area contributed by atoms with Crippen molar-refractivity contribution in [2.24, 2.45) is 0 Å². The zero-order valence-corrected chi connectivity index (χ0v) is 20.8. The maximum absolute atomic E-state index is 10.6. The fourth-order valence-electron chi connectivity index (χ4n) is 3.94. The van der Waals surface area contributed by atoms with Gasteiger partial charge in [0.1, 0.15) is 24.7 Å². The van der Waals surface area contributed by atoms with Gasteiger partial charge in [-0.1, -0.05) is 84.9 Å². The monoisotopic (exact) mass is 481 g/mol. The van der Waals surface area contributed by atoms with E-state index in [1.165, 1.54) is 5.56 Å². The molecule has 0 amide bonds. The molecule has 0 aliphatic carbocycles. The molecule has 0 radical (unpaired) electrons. The van der Waals surface area contributed by atoms with Gasteiger partial charge in [-0.15, -0.1) is 0 Å². The van der Waals surface area contributed by atoms with Crippen molar-refractivity contribution < 1.29 is 14.6 Å². The van der Waals surface area contributed by atoms with Crippen LogP contribution in [0.25, 0.3) is 0 Å². The highest BCUT2D eigenvalue weighted by atomic mass is 16.5. The Balaban J connectivity index is 1.14. The predicted octanol–water partition coefficient (Wildman–Crippen LogP) is 6.49. The van der Waals surface area contributed by atoms with E-state index in [0.717, 1.165) is 41.0 Å². The van der Waals surface area contributed by atoms with Crippen LogP contribution in [0.2, 0.25) is 0 Å². The van der Waals surface area contributed by atoms with E-state index in [-0.39, 0.29) is 0 Å². The van der Waals surface area contributed by atoms with E-state index in [9.17, 15) is 5.11 Å². The summed E-state index contributed by atoms with van der Waals surface area (Å²) in [5, 5.41) is 14.1. The van der Waals surface area contributed by atoms with Crippen LogP contribution in [0.15, 0.2) is 109 Å². The van der Waals surface area contributed by atoms with Crippen LogP contribution in [0.4, 0.5) is 0 Å². The smallest absolute Gasteiger partial charge is 0.119 e. The number of benzene rings is 4. The molecule has 0 aromatic heterocycles. The third-order valence-corrected chi connectivity index (χ3v) is 6.21. The van der Waals surface area contributed by atoms with Gasteiger partial charge < -0.3 is 19.9 Å². The minimum absolute atomic E-state index is 0.294. The van der Waals surface area contributed by atoms with Gasteiger partial charge in [0.05, 0.1) is 6.10 Å². The first-order valence-corrected chi connectivity index (χ1v) is 12.6. The van der Waals surface area contributed by atoms with Crippen LogP contribution in [-0.2, 0) is 19.6 Å². The van der Waals surface area contributed by atoms with Gasteiger partial charge in [0.15, 0.2) is 0 Å². The van der Waals surface area contributed by atoms with Gasteiger partial charge in [0.25, 0.3) is 0 Å². The molecular weight excluding hydrogens is 446 g/mol. The Labute approximate surface area is 214 Å². The predicted molar refractivity (Wildman–Crippen MR) is 145 cm³/mol. The molecule has 0 aliphatic rings. The van der Waals surface area contributed by atoms with Crippen molar-refractivity contribution in [3.63, 3.8) is 0 Å². The molecule has 2 atom stereocenters. The molecule has 0 fully saturated rings. The quantitative estimate of drug-likeness (QED) is 0.229. The zero-order chi connectivity index (χ0) is 25.0. The van der Waals surface area contributed by atoms with Gasteiger partial charge in [-0.25, -0.2) is 0 Å². The summed E-state index contributed by atoms with van der Waals surface area (Å²) in [5.41, 5.74) is 4.46. The fourth-order valence-corrected chi connectivity index (χ4v) is 3.94. The third-order valence-electron chi connectivity index (χ3n) is 6.21. The van der Waals surface area contributed by atoms with Crippen LogP contribution >= 0.6 is 0 Å². The van der Waals surface area contributed by atoms with Crippen molar-refractivity contribution in [3.8, 4) is 11.5 Å². The van der Waals surface area contributed by atoms with Gasteiger partial charge in [-0.05, 0) is 66.3 Å². The lowest BCUT2D eigenvalue weighted by atomic mass is 10.1. The Morgan fingerprint density at radius 3 is 1.67 bits per heavy atom. The van der Waals surface area contributed by atoms with E-state index >= 15 is 0 Å². The average molecular weight is 482 g/mol. The molecule has 0 aliphatic heterocycles. The van der Waals surface area contributed by atoms with E-state index in [1.807, 2.05) is 84.9 Å². The highest BCUT2D eigenvalue weighted by Gasteiger charge is 2.10. The molecular formula is C32H35NO3. The maximum atomic E-state index is 10.6. The lowest BCUT2D eigenvalue weighted by Gasteiger charge is -2.18. The molecule has 36 heavy (non-hydrogen) atoms. The van der Waals surface area contributed by atoms with Crippen LogP contribution in [-0.4, -0.2) is 17.7 Å². The Morgan fingerprint density at radius 1 is 0.639 bits per heavy atom. The Bertz CT molecular complexity index is 1150. The molecule has 4 nitrogen and oxygen atoms in total. The van der Waals surface area contributed by atoms with Crippen LogP contribution < -0.4 is 14.8 Å². The van der Waals surface area contributed by atoms with Gasteiger partial charge in [-0.2, -0.15) is 0 Å². The molecule has 0 heterocycles. The molecule has 4 rings (SSSR count). The first kappa shape index (κ1) is 25.5. The SMILES string of the molecule is CC(CCc1ccc(OCc2ccccc2)cc1)NC[C@H](O)c1ccc(OCc2ccccc2)cc1. The number of hydrogen-bond acceptors (Lipinski definition) is 4. The highest BCUT2D eigenvalue weighted by molar-refractivity contribution is 5.30. The van der Waals surface area contributed by atoms with Crippen molar-refractivity contribution in [2.75, 3.05) is 6.54 Å². The van der Waals surface area contributed by atoms with E-state index in [0.29, 0.717) is 25.8 Å². The van der Waals surface area contributed by atoms with Crippen LogP contribution in [0, 0.1) is 0 Å². The van der Waals surface area contributed by atoms with E-state index in [1.54, 1.807) is 0 Å². The second-order valence-electron chi connectivity index (χ2n) is 9.13. The number of rotatable bonds is 13. The molecule has 0 spiro atoms. The lowest BCUT2D eigenvalue weighted by molar-refractivity contribution is 0.170. The summed E-state index contributed by atoms with van der Waals surface area (Å²) in [7, 11) is 0. The van der Waals surface area contributed by atoms with E-state index in [4.69, 9.17) is 9.47 Å². The molecule has 1 unspecified atom stereocenters. The molecule has 2 N–H and O–H groups in total. The number of nitrogens with one attached hydrogen (secondary N) is 1. The minimum Gasteiger partial charge on any atom is -0.489 e. The Hall–Kier alpha value is -3.60. The second-order valence-corrected chi connectivity index (χ2v) is 9.13. The second kappa shape index (κ2) is 13.5. The summed E-state index contributed by atoms with van der Waals surface area (Å²) in [6.45, 7) is 3.78. The average Bonchev–Trinajstić information content (AvgIpc) is 2.94. The zero-order valence-electron chi connectivity index (χ0n) is 20.8. The van der Waals surface area contributed by atoms with Crippen molar-refractivity contribution in [2.45, 2.75) is 45.1 Å². The first-order valence-electron chi connectivity index (χ1n) is 12.6. The maximum Gasteiger partial charge on any atom is 0.119 e. The summed E-state index contributed by atoms with van der Waals surface area (Å²) in [4.78, 5) is 0. The summed E-state index contributed by atoms with van der Waals surface area (Å²) >= 11 is 0. The Morgan fingerprint density at radius 2 is 1.14 bits per heavy atom. The number of aryl methyl sites for hydroxylation is 1. The van der Waals surface area contributed by atoms with Crippen LogP contribution in [0.5, 0.6) is 11.5 Å². The molecule has 4 heteroatoms. The summed E-state index contributed by atoms with van der Waals surface area (Å²) in [6, 6.07) is 36.6. The highest BCUT2D eigenvalue weighted by Crippen LogP contribution is 2.19. The molecule has 0 saturated heterocycles. The number of hydrogen-bond donors (Lipinski definition) is 2. The van der Waals surface area contributed by atoms with Gasteiger partial charge in [0, 0.05) is 12.6 Å². The number of aliphatic hydroxyl groups is 1. The molecule has 0 saturated carbocycles. The van der Waals surface area contributed by atoms with Crippen molar-refractivity contribution >= 4 is 0 Å². The normalized spacial score (nSPS) is 12.6. The standard InChI is InChI=1S/C32H35NO3/c1-25(12-13-26-14-18-30(19-15-26)35-23-27-8-4-2-5-9-27)33-22-32(34)29-16-20-31(21-17-29)36-24-28-10-6-3-7-11-28/h2-11,14-21,25,32-34H,12-13,22-24H2,1H3/t25?,32-/m0/s1. The van der Waals surface area contributed by atoms with Gasteiger partial charge in [0.2, 0.25) is 0 Å². The summed E-state index contributed by atoms with van der Waals surface area (Å²) in [6.07, 6.45) is 1.40. The first-order chi connectivity index (χ1) is 17.7. The Kier molecular flexibility index (Phi) is 9.54.